The number of aryl methyl sites for hydroxylation is 1. The summed E-state index contributed by atoms with van der Waals surface area (Å²) >= 11 is 0. The van der Waals surface area contributed by atoms with E-state index in [2.05, 4.69) is 0 Å². The van der Waals surface area contributed by atoms with Crippen LogP contribution in [0.1, 0.15) is 43.2 Å². The van der Waals surface area contributed by atoms with Gasteiger partial charge in [-0.15, -0.1) is 0 Å². The summed E-state index contributed by atoms with van der Waals surface area (Å²) in [5.74, 6) is 0.495. The third kappa shape index (κ3) is 1.92. The van der Waals surface area contributed by atoms with Crippen molar-refractivity contribution in [1.29, 1.82) is 0 Å². The summed E-state index contributed by atoms with van der Waals surface area (Å²) in [7, 11) is 1.64. The van der Waals surface area contributed by atoms with Gasteiger partial charge in [-0.2, -0.15) is 0 Å². The van der Waals surface area contributed by atoms with Crippen molar-refractivity contribution in [2.45, 2.75) is 44.6 Å². The zero-order chi connectivity index (χ0) is 14.2. The standard InChI is InChI=1S/C17H20O3/c1-12-8-4-5-9-13(12)14-15(19-2)17(20-16(14)18)10-6-3-7-11-17/h4-5,8-9H,3,6-7,10-11H2,1-2H3. The maximum Gasteiger partial charge on any atom is 0.343 e. The van der Waals surface area contributed by atoms with E-state index in [9.17, 15) is 4.79 Å². The van der Waals surface area contributed by atoms with E-state index >= 15 is 0 Å². The maximum absolute atomic E-state index is 12.4. The first-order valence-corrected chi connectivity index (χ1v) is 7.26. The highest BCUT2D eigenvalue weighted by atomic mass is 16.6. The summed E-state index contributed by atoms with van der Waals surface area (Å²) in [6.07, 6.45) is 5.12. The molecule has 1 fully saturated rings. The lowest BCUT2D eigenvalue weighted by Crippen LogP contribution is -2.35. The molecular weight excluding hydrogens is 252 g/mol. The maximum atomic E-state index is 12.4. The molecule has 0 aromatic heterocycles. The summed E-state index contributed by atoms with van der Waals surface area (Å²) in [5.41, 5.74) is 2.10. The van der Waals surface area contributed by atoms with Gasteiger partial charge < -0.3 is 9.47 Å². The van der Waals surface area contributed by atoms with Crippen LogP contribution in [0.2, 0.25) is 0 Å². The number of rotatable bonds is 2. The second kappa shape index (κ2) is 4.97. The predicted molar refractivity (Wildman–Crippen MR) is 77.0 cm³/mol. The van der Waals surface area contributed by atoms with Crippen LogP contribution in [-0.2, 0) is 14.3 Å². The third-order valence-corrected chi connectivity index (χ3v) is 4.41. The first-order chi connectivity index (χ1) is 9.68. The van der Waals surface area contributed by atoms with Crippen LogP contribution in [0.4, 0.5) is 0 Å². The lowest BCUT2D eigenvalue weighted by Gasteiger charge is -2.33. The van der Waals surface area contributed by atoms with Crippen molar-refractivity contribution >= 4 is 11.5 Å². The molecule has 2 aliphatic rings. The summed E-state index contributed by atoms with van der Waals surface area (Å²) in [5, 5.41) is 0. The minimum Gasteiger partial charge on any atom is -0.496 e. The van der Waals surface area contributed by atoms with Gasteiger partial charge in [-0.05, 0) is 43.7 Å². The molecule has 20 heavy (non-hydrogen) atoms. The highest BCUT2D eigenvalue weighted by Crippen LogP contribution is 2.47. The van der Waals surface area contributed by atoms with Crippen molar-refractivity contribution in [2.75, 3.05) is 7.11 Å². The Balaban J connectivity index is 2.13. The number of benzene rings is 1. The van der Waals surface area contributed by atoms with E-state index in [0.717, 1.165) is 42.6 Å². The molecule has 0 unspecified atom stereocenters. The highest BCUT2D eigenvalue weighted by molar-refractivity contribution is 6.20. The topological polar surface area (TPSA) is 35.5 Å². The Bertz CT molecular complexity index is 565. The molecule has 1 spiro atoms. The first kappa shape index (κ1) is 13.2. The van der Waals surface area contributed by atoms with Gasteiger partial charge in [0.25, 0.3) is 0 Å². The molecule has 1 saturated carbocycles. The van der Waals surface area contributed by atoms with Crippen LogP contribution in [0.3, 0.4) is 0 Å². The Kier molecular flexibility index (Phi) is 3.28. The van der Waals surface area contributed by atoms with Gasteiger partial charge in [-0.25, -0.2) is 4.79 Å². The van der Waals surface area contributed by atoms with Gasteiger partial charge in [-0.3, -0.25) is 0 Å². The lowest BCUT2D eigenvalue weighted by atomic mass is 9.82. The van der Waals surface area contributed by atoms with Gasteiger partial charge in [0.1, 0.15) is 5.57 Å². The lowest BCUT2D eigenvalue weighted by molar-refractivity contribution is -0.149. The fraction of sp³-hybridized carbons (Fsp3) is 0.471. The molecule has 0 N–H and O–H groups in total. The quantitative estimate of drug-likeness (QED) is 0.771. The monoisotopic (exact) mass is 272 g/mol. The van der Waals surface area contributed by atoms with Gasteiger partial charge in [0, 0.05) is 0 Å². The summed E-state index contributed by atoms with van der Waals surface area (Å²) in [6.45, 7) is 2.01. The molecule has 0 bridgehead atoms. The molecule has 1 aromatic rings. The van der Waals surface area contributed by atoms with E-state index in [0.29, 0.717) is 5.57 Å². The Morgan fingerprint density at radius 3 is 2.50 bits per heavy atom. The van der Waals surface area contributed by atoms with Crippen LogP contribution in [0.5, 0.6) is 0 Å². The van der Waals surface area contributed by atoms with Gasteiger partial charge in [0.05, 0.1) is 7.11 Å². The van der Waals surface area contributed by atoms with Gasteiger partial charge in [0.2, 0.25) is 0 Å². The van der Waals surface area contributed by atoms with E-state index in [1.54, 1.807) is 7.11 Å². The summed E-state index contributed by atoms with van der Waals surface area (Å²) < 4.78 is 11.4. The van der Waals surface area contributed by atoms with Crippen molar-refractivity contribution in [3.8, 4) is 0 Å². The average Bonchev–Trinajstić information content (AvgIpc) is 2.71. The van der Waals surface area contributed by atoms with Crippen molar-refractivity contribution in [1.82, 2.24) is 0 Å². The van der Waals surface area contributed by atoms with Crippen molar-refractivity contribution in [3.63, 3.8) is 0 Å². The smallest absolute Gasteiger partial charge is 0.343 e. The molecule has 1 aliphatic heterocycles. The van der Waals surface area contributed by atoms with E-state index in [-0.39, 0.29) is 5.97 Å². The SMILES string of the molecule is COC1=C(c2ccccc2C)C(=O)OC12CCCCC2. The molecule has 1 heterocycles. The van der Waals surface area contributed by atoms with E-state index in [4.69, 9.17) is 9.47 Å². The fourth-order valence-electron chi connectivity index (χ4n) is 3.42. The molecule has 3 rings (SSSR count). The van der Waals surface area contributed by atoms with Crippen LogP contribution in [-0.4, -0.2) is 18.7 Å². The van der Waals surface area contributed by atoms with E-state index in [1.165, 1.54) is 6.42 Å². The number of esters is 1. The molecule has 3 heteroatoms. The molecule has 0 amide bonds. The van der Waals surface area contributed by atoms with Crippen molar-refractivity contribution in [3.05, 3.63) is 41.2 Å². The Hall–Kier alpha value is -1.77. The van der Waals surface area contributed by atoms with Crippen LogP contribution in [0.15, 0.2) is 30.0 Å². The molecule has 1 aliphatic carbocycles. The van der Waals surface area contributed by atoms with Crippen LogP contribution in [0, 0.1) is 6.92 Å². The van der Waals surface area contributed by atoms with Gasteiger partial charge >= 0.3 is 5.97 Å². The number of methoxy groups -OCH3 is 1. The van der Waals surface area contributed by atoms with Crippen LogP contribution in [0.25, 0.3) is 5.57 Å². The van der Waals surface area contributed by atoms with Crippen molar-refractivity contribution < 1.29 is 14.3 Å². The molecule has 3 nitrogen and oxygen atoms in total. The number of ether oxygens (including phenoxy) is 2. The first-order valence-electron chi connectivity index (χ1n) is 7.26. The molecule has 0 saturated heterocycles. The second-order valence-corrected chi connectivity index (χ2v) is 5.67. The fourth-order valence-corrected chi connectivity index (χ4v) is 3.42. The van der Waals surface area contributed by atoms with Crippen LogP contribution >= 0.6 is 0 Å². The minimum absolute atomic E-state index is 0.238. The largest absolute Gasteiger partial charge is 0.496 e. The Morgan fingerprint density at radius 1 is 1.15 bits per heavy atom. The van der Waals surface area contributed by atoms with Gasteiger partial charge in [0.15, 0.2) is 11.4 Å². The number of hydrogen-bond acceptors (Lipinski definition) is 3. The predicted octanol–water partition coefficient (Wildman–Crippen LogP) is 3.61. The van der Waals surface area contributed by atoms with E-state index < -0.39 is 5.60 Å². The minimum atomic E-state index is -0.512. The second-order valence-electron chi connectivity index (χ2n) is 5.67. The normalized spacial score (nSPS) is 21.2. The van der Waals surface area contributed by atoms with Gasteiger partial charge in [-0.1, -0.05) is 30.7 Å². The Morgan fingerprint density at radius 2 is 1.85 bits per heavy atom. The zero-order valence-corrected chi connectivity index (χ0v) is 12.1. The third-order valence-electron chi connectivity index (χ3n) is 4.41. The number of carbonyl (C=O) groups excluding carboxylic acids is 1. The molecule has 106 valence electrons. The Labute approximate surface area is 119 Å². The van der Waals surface area contributed by atoms with Crippen LogP contribution < -0.4 is 0 Å². The molecular formula is C17H20O3. The highest BCUT2D eigenvalue weighted by Gasteiger charge is 2.50. The summed E-state index contributed by atoms with van der Waals surface area (Å²) in [4.78, 5) is 12.4. The van der Waals surface area contributed by atoms with E-state index in [1.807, 2.05) is 31.2 Å². The number of hydrogen-bond donors (Lipinski definition) is 0. The molecule has 0 radical (unpaired) electrons. The number of carbonyl (C=O) groups is 1. The zero-order valence-electron chi connectivity index (χ0n) is 12.1. The molecule has 0 atom stereocenters. The molecule has 1 aromatic carbocycles. The van der Waals surface area contributed by atoms with Crippen molar-refractivity contribution in [2.24, 2.45) is 0 Å². The average molecular weight is 272 g/mol. The summed E-state index contributed by atoms with van der Waals surface area (Å²) in [6, 6.07) is 7.89.